The molecule has 0 aliphatic heterocycles. The molecule has 1 amide bonds. The van der Waals surface area contributed by atoms with Gasteiger partial charge >= 0.3 is 0 Å². The average molecular weight is 367 g/mol. The van der Waals surface area contributed by atoms with E-state index in [1.807, 2.05) is 30.3 Å². The quantitative estimate of drug-likeness (QED) is 0.633. The number of pyridine rings is 1. The highest BCUT2D eigenvalue weighted by Gasteiger charge is 2.14. The van der Waals surface area contributed by atoms with Gasteiger partial charge in [-0.2, -0.15) is 0 Å². The summed E-state index contributed by atoms with van der Waals surface area (Å²) < 4.78 is 1.15. The van der Waals surface area contributed by atoms with E-state index in [0.29, 0.717) is 0 Å². The minimum absolute atomic E-state index is 0.0290. The summed E-state index contributed by atoms with van der Waals surface area (Å²) in [6.07, 6.45) is 7.11. The van der Waals surface area contributed by atoms with Gasteiger partial charge in [0.1, 0.15) is 0 Å². The van der Waals surface area contributed by atoms with Crippen molar-refractivity contribution < 1.29 is 4.79 Å². The molecule has 2 aromatic heterocycles. The summed E-state index contributed by atoms with van der Waals surface area (Å²) >= 11 is 3.29. The Morgan fingerprint density at radius 2 is 1.92 bits per heavy atom. The molecule has 0 saturated heterocycles. The van der Waals surface area contributed by atoms with Crippen LogP contribution in [0.25, 0.3) is 0 Å². The zero-order valence-electron chi connectivity index (χ0n) is 13.7. The Morgan fingerprint density at radius 1 is 1.08 bits per heavy atom. The van der Waals surface area contributed by atoms with Crippen LogP contribution >= 0.6 is 23.1 Å². The first-order chi connectivity index (χ1) is 12.3. The second-order valence-corrected chi connectivity index (χ2v) is 8.41. The number of aromatic nitrogens is 1. The lowest BCUT2D eigenvalue weighted by Gasteiger charge is -2.06. The molecule has 0 atom stereocenters. The van der Waals surface area contributed by atoms with Crippen LogP contribution in [0.15, 0.2) is 59.1 Å². The number of carbonyl (C=O) groups excluding carboxylic acids is 1. The molecule has 0 bridgehead atoms. The largest absolute Gasteiger partial charge is 0.321 e. The Hall–Kier alpha value is -2.11. The monoisotopic (exact) mass is 366 g/mol. The van der Waals surface area contributed by atoms with Gasteiger partial charge in [-0.05, 0) is 72.4 Å². The Balaban J connectivity index is 1.38. The first-order valence-electron chi connectivity index (χ1n) is 8.32. The van der Waals surface area contributed by atoms with Crippen LogP contribution in [0.4, 0.5) is 5.69 Å². The van der Waals surface area contributed by atoms with E-state index in [2.05, 4.69) is 22.4 Å². The van der Waals surface area contributed by atoms with Crippen molar-refractivity contribution in [1.82, 2.24) is 4.98 Å². The number of thioether (sulfide) groups is 1. The molecule has 5 heteroatoms. The van der Waals surface area contributed by atoms with Crippen molar-refractivity contribution in [2.24, 2.45) is 0 Å². The Kier molecular flexibility index (Phi) is 4.85. The molecule has 1 aliphatic rings. The predicted molar refractivity (Wildman–Crippen MR) is 105 cm³/mol. The van der Waals surface area contributed by atoms with Gasteiger partial charge in [0.2, 0.25) is 0 Å². The zero-order chi connectivity index (χ0) is 17.1. The molecule has 1 aliphatic carbocycles. The summed E-state index contributed by atoms with van der Waals surface area (Å²) in [5, 5.41) is 3.03. The number of hydrogen-bond acceptors (Lipinski definition) is 4. The van der Waals surface area contributed by atoms with E-state index >= 15 is 0 Å². The number of hydrogen-bond donors (Lipinski definition) is 1. The van der Waals surface area contributed by atoms with E-state index in [0.717, 1.165) is 33.4 Å². The van der Waals surface area contributed by atoms with E-state index in [-0.39, 0.29) is 5.91 Å². The number of aryl methyl sites for hydroxylation is 2. The van der Waals surface area contributed by atoms with Crippen molar-refractivity contribution in [2.75, 3.05) is 5.32 Å². The van der Waals surface area contributed by atoms with Crippen LogP contribution in [-0.4, -0.2) is 10.9 Å². The number of amides is 1. The molecule has 2 heterocycles. The van der Waals surface area contributed by atoms with Crippen LogP contribution in [0, 0.1) is 0 Å². The fourth-order valence-corrected chi connectivity index (χ4v) is 4.98. The molecule has 126 valence electrons. The van der Waals surface area contributed by atoms with Crippen molar-refractivity contribution in [3.05, 3.63) is 76.4 Å². The molecule has 4 rings (SSSR count). The van der Waals surface area contributed by atoms with Gasteiger partial charge < -0.3 is 5.32 Å². The molecule has 0 spiro atoms. The Morgan fingerprint density at radius 3 is 2.80 bits per heavy atom. The molecule has 1 N–H and O–H groups in total. The minimum Gasteiger partial charge on any atom is -0.321 e. The maximum absolute atomic E-state index is 12.5. The number of benzene rings is 1. The van der Waals surface area contributed by atoms with E-state index in [4.69, 9.17) is 0 Å². The highest BCUT2D eigenvalue weighted by atomic mass is 32.2. The lowest BCUT2D eigenvalue weighted by Crippen LogP contribution is -2.10. The highest BCUT2D eigenvalue weighted by molar-refractivity contribution is 8.00. The lowest BCUT2D eigenvalue weighted by atomic mass is 10.1. The van der Waals surface area contributed by atoms with Crippen LogP contribution in [0.2, 0.25) is 0 Å². The van der Waals surface area contributed by atoms with Crippen molar-refractivity contribution >= 4 is 34.7 Å². The van der Waals surface area contributed by atoms with Crippen LogP contribution in [0.1, 0.15) is 32.8 Å². The molecule has 1 aromatic carbocycles. The predicted octanol–water partition coefficient (Wildman–Crippen LogP) is 5.18. The van der Waals surface area contributed by atoms with E-state index in [9.17, 15) is 4.79 Å². The number of nitrogens with zero attached hydrogens (tertiary/aromatic N) is 1. The molecule has 0 radical (unpaired) electrons. The maximum atomic E-state index is 12.5. The molecule has 3 aromatic rings. The van der Waals surface area contributed by atoms with Crippen molar-refractivity contribution in [3.8, 4) is 0 Å². The standard InChI is InChI=1S/C20H18N2OS2/c23-20(22-17-5-4-15-2-1-3-16(15)12-17)18-6-7-19(25-18)24-13-14-8-10-21-11-9-14/h4-12H,1-3,13H2,(H,22,23). The third-order valence-corrected chi connectivity index (χ3v) is 6.67. The zero-order valence-corrected chi connectivity index (χ0v) is 15.3. The van der Waals surface area contributed by atoms with Gasteiger partial charge in [-0.3, -0.25) is 9.78 Å². The first-order valence-corrected chi connectivity index (χ1v) is 10.1. The third kappa shape index (κ3) is 3.94. The topological polar surface area (TPSA) is 42.0 Å². The molecular weight excluding hydrogens is 348 g/mol. The van der Waals surface area contributed by atoms with Crippen LogP contribution in [-0.2, 0) is 18.6 Å². The van der Waals surface area contributed by atoms with Crippen LogP contribution in [0.5, 0.6) is 0 Å². The molecule has 0 saturated carbocycles. The van der Waals surface area contributed by atoms with Gasteiger partial charge in [-0.15, -0.1) is 23.1 Å². The van der Waals surface area contributed by atoms with E-state index in [1.54, 1.807) is 35.5 Å². The van der Waals surface area contributed by atoms with Gasteiger partial charge in [0, 0.05) is 23.8 Å². The maximum Gasteiger partial charge on any atom is 0.265 e. The number of fused-ring (bicyclic) bond motifs is 1. The number of nitrogens with one attached hydrogen (secondary N) is 1. The molecular formula is C20H18N2OS2. The average Bonchev–Trinajstić information content (AvgIpc) is 3.30. The fraction of sp³-hybridized carbons (Fsp3) is 0.200. The lowest BCUT2D eigenvalue weighted by molar-refractivity contribution is 0.103. The Bertz CT molecular complexity index is 890. The number of thiophene rings is 1. The summed E-state index contributed by atoms with van der Waals surface area (Å²) in [4.78, 5) is 17.3. The second-order valence-electron chi connectivity index (χ2n) is 6.05. The fourth-order valence-electron chi connectivity index (χ4n) is 3.00. The number of carbonyl (C=O) groups is 1. The second kappa shape index (κ2) is 7.42. The van der Waals surface area contributed by atoms with Gasteiger partial charge in [-0.25, -0.2) is 0 Å². The van der Waals surface area contributed by atoms with Gasteiger partial charge in [-0.1, -0.05) is 6.07 Å². The van der Waals surface area contributed by atoms with E-state index in [1.165, 1.54) is 23.1 Å². The van der Waals surface area contributed by atoms with Gasteiger partial charge in [0.05, 0.1) is 9.09 Å². The molecule has 25 heavy (non-hydrogen) atoms. The van der Waals surface area contributed by atoms with Crippen LogP contribution < -0.4 is 5.32 Å². The number of rotatable bonds is 5. The first kappa shape index (κ1) is 16.4. The van der Waals surface area contributed by atoms with Crippen molar-refractivity contribution in [1.29, 1.82) is 0 Å². The van der Waals surface area contributed by atoms with Gasteiger partial charge in [0.25, 0.3) is 5.91 Å². The third-order valence-electron chi connectivity index (χ3n) is 4.29. The van der Waals surface area contributed by atoms with Gasteiger partial charge in [0.15, 0.2) is 0 Å². The summed E-state index contributed by atoms with van der Waals surface area (Å²) in [6.45, 7) is 0. The molecule has 3 nitrogen and oxygen atoms in total. The van der Waals surface area contributed by atoms with E-state index < -0.39 is 0 Å². The van der Waals surface area contributed by atoms with Crippen molar-refractivity contribution in [2.45, 2.75) is 29.2 Å². The molecule has 0 unspecified atom stereocenters. The molecule has 0 fully saturated rings. The normalized spacial score (nSPS) is 12.8. The summed E-state index contributed by atoms with van der Waals surface area (Å²) in [6, 6.07) is 14.2. The minimum atomic E-state index is -0.0290. The SMILES string of the molecule is O=C(Nc1ccc2c(c1)CCC2)c1ccc(SCc2ccncc2)s1. The summed E-state index contributed by atoms with van der Waals surface area (Å²) in [7, 11) is 0. The Labute approximate surface area is 155 Å². The highest BCUT2D eigenvalue weighted by Crippen LogP contribution is 2.31. The van der Waals surface area contributed by atoms with Crippen LogP contribution in [0.3, 0.4) is 0 Å². The smallest absolute Gasteiger partial charge is 0.265 e. The summed E-state index contributed by atoms with van der Waals surface area (Å²) in [5.41, 5.74) is 4.92. The number of anilines is 1. The van der Waals surface area contributed by atoms with Crippen molar-refractivity contribution in [3.63, 3.8) is 0 Å². The summed E-state index contributed by atoms with van der Waals surface area (Å²) in [5.74, 6) is 0.855.